The van der Waals surface area contributed by atoms with Crippen LogP contribution in [-0.4, -0.2) is 18.5 Å². The molecule has 0 heterocycles. The van der Waals surface area contributed by atoms with E-state index < -0.39 is 18.5 Å². The molecule has 0 nitrogen and oxygen atoms in total. The molecule has 0 aliphatic heterocycles. The van der Waals surface area contributed by atoms with Crippen molar-refractivity contribution in [2.75, 3.05) is 0 Å². The first-order valence-electron chi connectivity index (χ1n) is 12.3. The Balaban J connectivity index is 1.42. The Hall–Kier alpha value is -0.210. The summed E-state index contributed by atoms with van der Waals surface area (Å²) >= 11 is 0. The Kier molecular flexibility index (Phi) is 8.19. The molecule has 0 aromatic carbocycles. The van der Waals surface area contributed by atoms with Crippen molar-refractivity contribution in [2.24, 2.45) is 41.4 Å². The molecule has 3 aliphatic rings. The molecule has 6 unspecified atom stereocenters. The van der Waals surface area contributed by atoms with Gasteiger partial charge in [0.15, 0.2) is 0 Å². The van der Waals surface area contributed by atoms with Crippen molar-refractivity contribution in [2.45, 2.75) is 116 Å². The van der Waals surface area contributed by atoms with Gasteiger partial charge in [-0.15, -0.1) is 0 Å². The third kappa shape index (κ3) is 5.69. The van der Waals surface area contributed by atoms with Crippen LogP contribution in [0, 0.1) is 41.4 Å². The zero-order valence-electron chi connectivity index (χ0n) is 18.4. The second-order valence-electron chi connectivity index (χ2n) is 10.9. The lowest BCUT2D eigenvalue weighted by Gasteiger charge is -2.43. The van der Waals surface area contributed by atoms with Gasteiger partial charge in [-0.05, 0) is 113 Å². The third-order valence-electron chi connectivity index (χ3n) is 8.90. The molecule has 0 amide bonds. The summed E-state index contributed by atoms with van der Waals surface area (Å²) in [5, 5.41) is 0. The highest BCUT2D eigenvalue weighted by atomic mass is 19.2. The maximum Gasteiger partial charge on any atom is 0.131 e. The summed E-state index contributed by atoms with van der Waals surface area (Å²) in [5.74, 6) is 3.88. The zero-order chi connectivity index (χ0) is 20.3. The Bertz CT molecular complexity index is 449. The molecule has 3 fully saturated rings. The third-order valence-corrected chi connectivity index (χ3v) is 8.90. The molecule has 0 spiro atoms. The van der Waals surface area contributed by atoms with Crippen molar-refractivity contribution in [3.63, 3.8) is 0 Å². The number of halogens is 3. The maximum absolute atomic E-state index is 14.9. The summed E-state index contributed by atoms with van der Waals surface area (Å²) in [6.07, 6.45) is 10.0. The summed E-state index contributed by atoms with van der Waals surface area (Å²) in [7, 11) is 0. The van der Waals surface area contributed by atoms with Crippen LogP contribution in [0.1, 0.15) is 97.8 Å². The van der Waals surface area contributed by atoms with E-state index in [4.69, 9.17) is 0 Å². The molecular formula is C25H43F3. The fourth-order valence-corrected chi connectivity index (χ4v) is 6.80. The lowest BCUT2D eigenvalue weighted by Crippen LogP contribution is -2.36. The minimum atomic E-state index is -1.45. The summed E-state index contributed by atoms with van der Waals surface area (Å²) in [6.45, 7) is 5.58. The standard InChI is InChI=1S/C25H43F3/c1-16-4-6-19(7-5-16)20-8-10-21(11-9-20)22-12-13-23(25(28)15-22)17(2)14-24(27)18(3)26/h16-25H,4-15H2,1-3H3. The van der Waals surface area contributed by atoms with Gasteiger partial charge in [-0.25, -0.2) is 13.2 Å². The van der Waals surface area contributed by atoms with Crippen LogP contribution in [-0.2, 0) is 0 Å². The molecule has 164 valence electrons. The molecule has 0 saturated heterocycles. The van der Waals surface area contributed by atoms with E-state index in [1.165, 1.54) is 58.3 Å². The van der Waals surface area contributed by atoms with Crippen molar-refractivity contribution in [1.29, 1.82) is 0 Å². The topological polar surface area (TPSA) is 0 Å². The number of hydrogen-bond acceptors (Lipinski definition) is 0. The maximum atomic E-state index is 14.9. The Morgan fingerprint density at radius 1 is 0.714 bits per heavy atom. The highest BCUT2D eigenvalue weighted by Crippen LogP contribution is 2.47. The van der Waals surface area contributed by atoms with Gasteiger partial charge in [0.1, 0.15) is 18.5 Å². The molecule has 3 heteroatoms. The van der Waals surface area contributed by atoms with Gasteiger partial charge in [-0.3, -0.25) is 0 Å². The van der Waals surface area contributed by atoms with Gasteiger partial charge < -0.3 is 0 Å². The van der Waals surface area contributed by atoms with E-state index in [1.807, 2.05) is 6.92 Å². The van der Waals surface area contributed by atoms with Gasteiger partial charge in [-0.2, -0.15) is 0 Å². The van der Waals surface area contributed by atoms with Gasteiger partial charge >= 0.3 is 0 Å². The number of hydrogen-bond donors (Lipinski definition) is 0. The van der Waals surface area contributed by atoms with Crippen LogP contribution >= 0.6 is 0 Å². The molecule has 28 heavy (non-hydrogen) atoms. The van der Waals surface area contributed by atoms with Crippen molar-refractivity contribution in [3.05, 3.63) is 0 Å². The molecule has 3 aliphatic carbocycles. The molecule has 0 radical (unpaired) electrons. The van der Waals surface area contributed by atoms with E-state index in [-0.39, 0.29) is 18.3 Å². The average Bonchev–Trinajstić information content (AvgIpc) is 2.68. The zero-order valence-corrected chi connectivity index (χ0v) is 18.4. The fraction of sp³-hybridized carbons (Fsp3) is 1.00. The quantitative estimate of drug-likeness (QED) is 0.422. The van der Waals surface area contributed by atoms with Crippen LogP contribution in [0.3, 0.4) is 0 Å². The predicted octanol–water partition coefficient (Wildman–Crippen LogP) is 8.10. The van der Waals surface area contributed by atoms with Crippen LogP contribution in [0.2, 0.25) is 0 Å². The lowest BCUT2D eigenvalue weighted by atomic mass is 9.64. The van der Waals surface area contributed by atoms with Crippen molar-refractivity contribution >= 4 is 0 Å². The smallest absolute Gasteiger partial charge is 0.131 e. The average molecular weight is 401 g/mol. The van der Waals surface area contributed by atoms with Gasteiger partial charge in [-0.1, -0.05) is 26.7 Å². The van der Waals surface area contributed by atoms with E-state index in [0.29, 0.717) is 18.3 Å². The first kappa shape index (κ1) is 22.5. The van der Waals surface area contributed by atoms with Crippen LogP contribution in [0.15, 0.2) is 0 Å². The largest absolute Gasteiger partial charge is 0.247 e. The van der Waals surface area contributed by atoms with Crippen LogP contribution < -0.4 is 0 Å². The second kappa shape index (κ2) is 10.2. The SMILES string of the molecule is CC1CCC(C2CCC(C3CCC(C(C)CC(F)C(C)F)C(F)C3)CC2)CC1. The molecule has 3 saturated carbocycles. The predicted molar refractivity (Wildman–Crippen MR) is 112 cm³/mol. The molecule has 0 bridgehead atoms. The van der Waals surface area contributed by atoms with E-state index in [0.717, 1.165) is 30.6 Å². The molecule has 0 N–H and O–H groups in total. The van der Waals surface area contributed by atoms with E-state index >= 15 is 0 Å². The van der Waals surface area contributed by atoms with Crippen molar-refractivity contribution in [3.8, 4) is 0 Å². The van der Waals surface area contributed by atoms with Gasteiger partial charge in [0, 0.05) is 0 Å². The van der Waals surface area contributed by atoms with Crippen molar-refractivity contribution < 1.29 is 13.2 Å². The summed E-state index contributed by atoms with van der Waals surface area (Å²) in [6, 6.07) is 0. The van der Waals surface area contributed by atoms with Crippen LogP contribution in [0.4, 0.5) is 13.2 Å². The normalized spacial score (nSPS) is 43.3. The Morgan fingerprint density at radius 2 is 1.18 bits per heavy atom. The van der Waals surface area contributed by atoms with Gasteiger partial charge in [0.25, 0.3) is 0 Å². The van der Waals surface area contributed by atoms with Crippen LogP contribution in [0.5, 0.6) is 0 Å². The monoisotopic (exact) mass is 400 g/mol. The van der Waals surface area contributed by atoms with E-state index in [1.54, 1.807) is 0 Å². The summed E-state index contributed by atoms with van der Waals surface area (Å²) in [4.78, 5) is 0. The van der Waals surface area contributed by atoms with Crippen molar-refractivity contribution in [1.82, 2.24) is 0 Å². The number of alkyl halides is 3. The molecule has 6 atom stereocenters. The van der Waals surface area contributed by atoms with E-state index in [9.17, 15) is 13.2 Å². The second-order valence-corrected chi connectivity index (χ2v) is 10.9. The highest BCUT2D eigenvalue weighted by Gasteiger charge is 2.39. The fourth-order valence-electron chi connectivity index (χ4n) is 6.80. The van der Waals surface area contributed by atoms with Crippen LogP contribution in [0.25, 0.3) is 0 Å². The first-order valence-corrected chi connectivity index (χ1v) is 12.3. The lowest BCUT2D eigenvalue weighted by molar-refractivity contribution is 0.0333. The highest BCUT2D eigenvalue weighted by molar-refractivity contribution is 4.89. The molecule has 0 aromatic rings. The number of rotatable bonds is 6. The summed E-state index contributed by atoms with van der Waals surface area (Å²) in [5.41, 5.74) is 0. The minimum absolute atomic E-state index is 0.0615. The first-order chi connectivity index (χ1) is 13.3. The molecule has 3 rings (SSSR count). The van der Waals surface area contributed by atoms with Gasteiger partial charge in [0.2, 0.25) is 0 Å². The Labute approximate surface area is 171 Å². The molecular weight excluding hydrogens is 357 g/mol. The Morgan fingerprint density at radius 3 is 1.68 bits per heavy atom. The van der Waals surface area contributed by atoms with E-state index in [2.05, 4.69) is 6.92 Å². The van der Waals surface area contributed by atoms with Gasteiger partial charge in [0.05, 0.1) is 0 Å². The minimum Gasteiger partial charge on any atom is -0.247 e. The molecule has 0 aromatic heterocycles. The summed E-state index contributed by atoms with van der Waals surface area (Å²) < 4.78 is 41.8.